The second-order valence-electron chi connectivity index (χ2n) is 7.32. The minimum atomic E-state index is 1.03. The highest BCUT2D eigenvalue weighted by Crippen LogP contribution is 2.33. The monoisotopic (exact) mass is 337 g/mol. The number of rotatable bonds is 2. The molecule has 1 aromatic heterocycles. The Labute approximate surface area is 155 Å². The number of nitrogens with zero attached hydrogens (tertiary/aromatic N) is 1. The maximum Gasteiger partial charge on any atom is 0.0716 e. The van der Waals surface area contributed by atoms with Crippen molar-refractivity contribution in [2.24, 2.45) is 0 Å². The summed E-state index contributed by atoms with van der Waals surface area (Å²) in [6.07, 6.45) is 0. The second-order valence-corrected chi connectivity index (χ2v) is 7.32. The summed E-state index contributed by atoms with van der Waals surface area (Å²) in [4.78, 5) is 4.98. The average molecular weight is 337 g/mol. The topological polar surface area (TPSA) is 12.9 Å². The summed E-state index contributed by atoms with van der Waals surface area (Å²) in [6.45, 7) is 8.56. The largest absolute Gasteiger partial charge is 0.248 e. The van der Waals surface area contributed by atoms with Crippen LogP contribution in [0.15, 0.2) is 66.7 Å². The first-order valence-electron chi connectivity index (χ1n) is 9.07. The van der Waals surface area contributed by atoms with Crippen LogP contribution in [0.3, 0.4) is 0 Å². The van der Waals surface area contributed by atoms with Crippen molar-refractivity contribution in [2.75, 3.05) is 0 Å². The van der Waals surface area contributed by atoms with E-state index in [-0.39, 0.29) is 0 Å². The summed E-state index contributed by atoms with van der Waals surface area (Å²) in [5.41, 5.74) is 10.8. The van der Waals surface area contributed by atoms with Gasteiger partial charge in [-0.05, 0) is 69.2 Å². The van der Waals surface area contributed by atoms with Gasteiger partial charge in [-0.3, -0.25) is 0 Å². The van der Waals surface area contributed by atoms with Crippen LogP contribution in [0.4, 0.5) is 0 Å². The molecule has 26 heavy (non-hydrogen) atoms. The molecule has 0 radical (unpaired) electrons. The van der Waals surface area contributed by atoms with Crippen LogP contribution < -0.4 is 0 Å². The molecular formula is C25H23N. The zero-order chi connectivity index (χ0) is 18.3. The highest BCUT2D eigenvalue weighted by molar-refractivity contribution is 5.97. The quantitative estimate of drug-likeness (QED) is 0.392. The molecule has 0 aliphatic carbocycles. The van der Waals surface area contributed by atoms with Crippen molar-refractivity contribution in [1.29, 1.82) is 0 Å². The Morgan fingerprint density at radius 3 is 2.00 bits per heavy atom. The van der Waals surface area contributed by atoms with Crippen molar-refractivity contribution in [1.82, 2.24) is 4.98 Å². The molecular weight excluding hydrogens is 314 g/mol. The van der Waals surface area contributed by atoms with Crippen molar-refractivity contribution in [3.05, 3.63) is 89.0 Å². The lowest BCUT2D eigenvalue weighted by Gasteiger charge is -2.12. The fourth-order valence-corrected chi connectivity index (χ4v) is 3.66. The lowest BCUT2D eigenvalue weighted by molar-refractivity contribution is 1.34. The van der Waals surface area contributed by atoms with E-state index in [1.54, 1.807) is 0 Å². The van der Waals surface area contributed by atoms with E-state index in [1.807, 2.05) is 0 Å². The summed E-state index contributed by atoms with van der Waals surface area (Å²) in [7, 11) is 0. The normalized spacial score (nSPS) is 11.1. The zero-order valence-electron chi connectivity index (χ0n) is 15.8. The molecule has 0 atom stereocenters. The summed E-state index contributed by atoms with van der Waals surface area (Å²) >= 11 is 0. The van der Waals surface area contributed by atoms with Gasteiger partial charge in [0.25, 0.3) is 0 Å². The van der Waals surface area contributed by atoms with Crippen LogP contribution in [-0.2, 0) is 0 Å². The van der Waals surface area contributed by atoms with E-state index in [0.29, 0.717) is 0 Å². The molecule has 4 rings (SSSR count). The predicted molar refractivity (Wildman–Crippen MR) is 112 cm³/mol. The molecule has 0 bridgehead atoms. The van der Waals surface area contributed by atoms with E-state index in [0.717, 1.165) is 11.2 Å². The van der Waals surface area contributed by atoms with Gasteiger partial charge in [0.05, 0.1) is 11.2 Å². The van der Waals surface area contributed by atoms with Crippen molar-refractivity contribution in [2.45, 2.75) is 27.7 Å². The number of hydrogen-bond acceptors (Lipinski definition) is 1. The fraction of sp³-hybridized carbons (Fsp3) is 0.160. The molecule has 1 heteroatoms. The molecule has 0 fully saturated rings. The number of aromatic nitrogens is 1. The molecule has 0 amide bonds. The predicted octanol–water partition coefficient (Wildman–Crippen LogP) is 6.80. The van der Waals surface area contributed by atoms with E-state index in [4.69, 9.17) is 4.98 Å². The summed E-state index contributed by atoms with van der Waals surface area (Å²) in [6, 6.07) is 24.1. The molecule has 0 saturated carbocycles. The third-order valence-corrected chi connectivity index (χ3v) is 4.81. The van der Waals surface area contributed by atoms with Crippen LogP contribution in [-0.4, -0.2) is 4.98 Å². The lowest BCUT2D eigenvalue weighted by Crippen LogP contribution is -1.92. The van der Waals surface area contributed by atoms with Gasteiger partial charge in [0.1, 0.15) is 0 Å². The number of fused-ring (bicyclic) bond motifs is 1. The standard InChI is InChI=1S/C25H23N/c1-16-6-5-7-20(11-16)22-15-25(21-12-18(3)10-19(4)13-21)26-24-9-8-17(2)14-23(22)24/h5-15H,1-4H3. The molecule has 0 aliphatic rings. The second kappa shape index (κ2) is 6.42. The number of hydrogen-bond donors (Lipinski definition) is 0. The van der Waals surface area contributed by atoms with Crippen LogP contribution in [0.2, 0.25) is 0 Å². The van der Waals surface area contributed by atoms with Gasteiger partial charge in [-0.2, -0.15) is 0 Å². The van der Waals surface area contributed by atoms with Gasteiger partial charge in [-0.25, -0.2) is 4.98 Å². The van der Waals surface area contributed by atoms with E-state index < -0.39 is 0 Å². The van der Waals surface area contributed by atoms with Gasteiger partial charge in [0.15, 0.2) is 0 Å². The van der Waals surface area contributed by atoms with Crippen LogP contribution in [0.5, 0.6) is 0 Å². The van der Waals surface area contributed by atoms with E-state index in [9.17, 15) is 0 Å². The lowest BCUT2D eigenvalue weighted by atomic mass is 9.95. The molecule has 0 unspecified atom stereocenters. The van der Waals surface area contributed by atoms with E-state index in [1.165, 1.54) is 44.3 Å². The summed E-state index contributed by atoms with van der Waals surface area (Å²) < 4.78 is 0. The highest BCUT2D eigenvalue weighted by Gasteiger charge is 2.11. The maximum absolute atomic E-state index is 4.98. The molecule has 128 valence electrons. The molecule has 1 heterocycles. The first-order valence-corrected chi connectivity index (χ1v) is 9.07. The Kier molecular flexibility index (Phi) is 4.08. The third kappa shape index (κ3) is 3.13. The minimum Gasteiger partial charge on any atom is -0.248 e. The average Bonchev–Trinajstić information content (AvgIpc) is 2.60. The third-order valence-electron chi connectivity index (χ3n) is 4.81. The molecule has 1 nitrogen and oxygen atoms in total. The van der Waals surface area contributed by atoms with Crippen LogP contribution in [0.1, 0.15) is 22.3 Å². The molecule has 3 aromatic carbocycles. The van der Waals surface area contributed by atoms with Crippen molar-refractivity contribution < 1.29 is 0 Å². The molecule has 0 aliphatic heterocycles. The minimum absolute atomic E-state index is 1.03. The SMILES string of the molecule is Cc1cc(C)cc(-c2cc(-c3cccc(C)c3)c3cc(C)ccc3n2)c1. The number of aryl methyl sites for hydroxylation is 4. The van der Waals surface area contributed by atoms with Gasteiger partial charge < -0.3 is 0 Å². The molecule has 0 spiro atoms. The summed E-state index contributed by atoms with van der Waals surface area (Å²) in [5, 5.41) is 1.21. The molecule has 0 saturated heterocycles. The van der Waals surface area contributed by atoms with Gasteiger partial charge in [0.2, 0.25) is 0 Å². The highest BCUT2D eigenvalue weighted by atomic mass is 14.7. The van der Waals surface area contributed by atoms with Crippen molar-refractivity contribution in [3.63, 3.8) is 0 Å². The van der Waals surface area contributed by atoms with Gasteiger partial charge in [-0.1, -0.05) is 58.7 Å². The molecule has 4 aromatic rings. The van der Waals surface area contributed by atoms with Gasteiger partial charge in [0, 0.05) is 10.9 Å². The Morgan fingerprint density at radius 2 is 1.27 bits per heavy atom. The summed E-state index contributed by atoms with van der Waals surface area (Å²) in [5.74, 6) is 0. The maximum atomic E-state index is 4.98. The van der Waals surface area contributed by atoms with Crippen LogP contribution in [0, 0.1) is 27.7 Å². The Bertz CT molecular complexity index is 1100. The van der Waals surface area contributed by atoms with Crippen LogP contribution in [0.25, 0.3) is 33.3 Å². The number of benzene rings is 3. The Balaban J connectivity index is 2.03. The smallest absolute Gasteiger partial charge is 0.0716 e. The fourth-order valence-electron chi connectivity index (χ4n) is 3.66. The van der Waals surface area contributed by atoms with Crippen molar-refractivity contribution in [3.8, 4) is 22.4 Å². The van der Waals surface area contributed by atoms with Gasteiger partial charge in [-0.15, -0.1) is 0 Å². The zero-order valence-corrected chi connectivity index (χ0v) is 15.8. The first kappa shape index (κ1) is 16.5. The van der Waals surface area contributed by atoms with Gasteiger partial charge >= 0.3 is 0 Å². The van der Waals surface area contributed by atoms with Crippen LogP contribution >= 0.6 is 0 Å². The van der Waals surface area contributed by atoms with E-state index >= 15 is 0 Å². The first-order chi connectivity index (χ1) is 12.5. The molecule has 0 N–H and O–H groups in total. The Hall–Kier alpha value is -2.93. The van der Waals surface area contributed by atoms with Crippen molar-refractivity contribution >= 4 is 10.9 Å². The number of pyridine rings is 1. The van der Waals surface area contributed by atoms with E-state index in [2.05, 4.69) is 94.4 Å². The Morgan fingerprint density at radius 1 is 0.577 bits per heavy atom.